The van der Waals surface area contributed by atoms with Gasteiger partial charge in [0.05, 0.1) is 6.42 Å². The minimum absolute atomic E-state index is 0.145. The Hall–Kier alpha value is -3.21. The van der Waals surface area contributed by atoms with Gasteiger partial charge in [-0.1, -0.05) is 48.5 Å². The molecule has 5 heteroatoms. The molecule has 1 aliphatic rings. The highest BCUT2D eigenvalue weighted by atomic mass is 16.4. The lowest BCUT2D eigenvalue weighted by atomic mass is 9.92. The van der Waals surface area contributed by atoms with Crippen LogP contribution in [-0.2, 0) is 9.59 Å². The second kappa shape index (κ2) is 6.50. The van der Waals surface area contributed by atoms with E-state index in [-0.39, 0.29) is 13.0 Å². The second-order valence-corrected chi connectivity index (χ2v) is 5.42. The molecule has 5 nitrogen and oxygen atoms in total. The Morgan fingerprint density at radius 3 is 2.21 bits per heavy atom. The van der Waals surface area contributed by atoms with E-state index in [2.05, 4.69) is 0 Å². The predicted octanol–water partition coefficient (Wildman–Crippen LogP) is 2.68. The van der Waals surface area contributed by atoms with Crippen LogP contribution < -0.4 is 0 Å². The molecule has 0 radical (unpaired) electrons. The fraction of sp³-hybridized carbons (Fsp3) is 0.105. The van der Waals surface area contributed by atoms with Crippen LogP contribution in [0.4, 0.5) is 0 Å². The zero-order valence-electron chi connectivity index (χ0n) is 12.8. The summed E-state index contributed by atoms with van der Waals surface area (Å²) in [5.74, 6) is -1.98. The smallest absolute Gasteiger partial charge is 0.305 e. The minimum atomic E-state index is -1.05. The number of imide groups is 1. The maximum absolute atomic E-state index is 12.8. The molecule has 0 atom stereocenters. The van der Waals surface area contributed by atoms with Gasteiger partial charge >= 0.3 is 5.97 Å². The third-order valence-electron chi connectivity index (χ3n) is 3.83. The summed E-state index contributed by atoms with van der Waals surface area (Å²) >= 11 is 0. The molecule has 0 saturated carbocycles. The molecule has 0 unspecified atom stereocenters. The first-order valence-electron chi connectivity index (χ1n) is 7.52. The normalized spacial score (nSPS) is 15.5. The van der Waals surface area contributed by atoms with Gasteiger partial charge in [-0.3, -0.25) is 19.3 Å². The molecule has 3 rings (SSSR count). The maximum Gasteiger partial charge on any atom is 0.305 e. The number of nitrogens with zero attached hydrogens (tertiary/aromatic N) is 1. The summed E-state index contributed by atoms with van der Waals surface area (Å²) in [4.78, 5) is 37.1. The molecule has 0 bridgehead atoms. The number of rotatable bonds is 4. The second-order valence-electron chi connectivity index (χ2n) is 5.42. The number of hydrogen-bond donors (Lipinski definition) is 1. The molecule has 1 heterocycles. The highest BCUT2D eigenvalue weighted by Crippen LogP contribution is 2.30. The Balaban J connectivity index is 2.08. The molecule has 1 N–H and O–H groups in total. The Labute approximate surface area is 138 Å². The Kier molecular flexibility index (Phi) is 4.24. The van der Waals surface area contributed by atoms with Crippen LogP contribution in [0.15, 0.2) is 54.6 Å². The van der Waals surface area contributed by atoms with Crippen molar-refractivity contribution in [2.24, 2.45) is 0 Å². The van der Waals surface area contributed by atoms with E-state index in [0.717, 1.165) is 10.5 Å². The van der Waals surface area contributed by atoms with Gasteiger partial charge in [0.15, 0.2) is 0 Å². The molecule has 2 aromatic carbocycles. The lowest BCUT2D eigenvalue weighted by molar-refractivity contribution is -0.137. The molecule has 0 fully saturated rings. The van der Waals surface area contributed by atoms with Crippen LogP contribution in [0.2, 0.25) is 0 Å². The van der Waals surface area contributed by atoms with Gasteiger partial charge in [-0.2, -0.15) is 0 Å². The summed E-state index contributed by atoms with van der Waals surface area (Å²) in [6.07, 6.45) is 1.44. The van der Waals surface area contributed by atoms with Crippen molar-refractivity contribution < 1.29 is 19.5 Å². The van der Waals surface area contributed by atoms with Gasteiger partial charge in [0.1, 0.15) is 0 Å². The topological polar surface area (TPSA) is 74.7 Å². The molecular weight excluding hydrogens is 306 g/mol. The first-order valence-corrected chi connectivity index (χ1v) is 7.52. The third kappa shape index (κ3) is 2.96. The van der Waals surface area contributed by atoms with E-state index < -0.39 is 17.8 Å². The average molecular weight is 321 g/mol. The Morgan fingerprint density at radius 1 is 0.917 bits per heavy atom. The SMILES string of the molecule is O=C(O)CCN1C(=O)/C(=C\c2ccccc2)c2ccccc2C1=O. The van der Waals surface area contributed by atoms with E-state index in [0.29, 0.717) is 16.7 Å². The van der Waals surface area contributed by atoms with Gasteiger partial charge in [-0.15, -0.1) is 0 Å². The van der Waals surface area contributed by atoms with Crippen molar-refractivity contribution in [1.29, 1.82) is 0 Å². The van der Waals surface area contributed by atoms with Gasteiger partial charge in [0.2, 0.25) is 0 Å². The van der Waals surface area contributed by atoms with Crippen LogP contribution in [0, 0.1) is 0 Å². The molecule has 0 aromatic heterocycles. The standard InChI is InChI=1S/C19H15NO4/c21-17(22)10-11-20-18(23)15-9-5-4-8-14(15)16(19(20)24)12-13-6-2-1-3-7-13/h1-9,12H,10-11H2,(H,21,22)/b16-12-. The number of aliphatic carboxylic acids is 1. The van der Waals surface area contributed by atoms with Crippen molar-refractivity contribution in [3.8, 4) is 0 Å². The number of carboxylic acids is 1. The van der Waals surface area contributed by atoms with Crippen molar-refractivity contribution in [2.45, 2.75) is 6.42 Å². The number of amides is 2. The number of carboxylic acid groups (broad SMARTS) is 1. The summed E-state index contributed by atoms with van der Waals surface area (Å²) in [5, 5.41) is 8.85. The molecule has 1 aliphatic heterocycles. The number of carbonyl (C=O) groups excluding carboxylic acids is 2. The number of fused-ring (bicyclic) bond motifs is 1. The van der Waals surface area contributed by atoms with Crippen molar-refractivity contribution in [3.63, 3.8) is 0 Å². The van der Waals surface area contributed by atoms with E-state index in [9.17, 15) is 14.4 Å². The Bertz CT molecular complexity index is 839. The van der Waals surface area contributed by atoms with Crippen molar-refractivity contribution >= 4 is 29.4 Å². The summed E-state index contributed by atoms with van der Waals surface area (Å²) in [6, 6.07) is 16.2. The predicted molar refractivity (Wildman–Crippen MR) is 89.1 cm³/mol. The van der Waals surface area contributed by atoms with Crippen LogP contribution in [0.1, 0.15) is 27.9 Å². The van der Waals surface area contributed by atoms with E-state index in [1.165, 1.54) is 0 Å². The monoisotopic (exact) mass is 321 g/mol. The maximum atomic E-state index is 12.8. The van der Waals surface area contributed by atoms with Crippen LogP contribution in [0.25, 0.3) is 11.6 Å². The highest BCUT2D eigenvalue weighted by Gasteiger charge is 2.34. The fourth-order valence-corrected chi connectivity index (χ4v) is 2.67. The largest absolute Gasteiger partial charge is 0.481 e. The number of hydrogen-bond acceptors (Lipinski definition) is 3. The molecule has 2 amide bonds. The molecule has 24 heavy (non-hydrogen) atoms. The van der Waals surface area contributed by atoms with E-state index in [4.69, 9.17) is 5.11 Å². The van der Waals surface area contributed by atoms with Crippen LogP contribution in [0.3, 0.4) is 0 Å². The zero-order chi connectivity index (χ0) is 17.1. The lowest BCUT2D eigenvalue weighted by Gasteiger charge is -2.28. The molecule has 0 aliphatic carbocycles. The quantitative estimate of drug-likeness (QED) is 0.694. The highest BCUT2D eigenvalue weighted by molar-refractivity contribution is 6.33. The molecule has 120 valence electrons. The van der Waals surface area contributed by atoms with Crippen LogP contribution >= 0.6 is 0 Å². The van der Waals surface area contributed by atoms with Gasteiger partial charge in [0, 0.05) is 17.7 Å². The third-order valence-corrected chi connectivity index (χ3v) is 3.83. The van der Waals surface area contributed by atoms with E-state index in [1.54, 1.807) is 30.3 Å². The van der Waals surface area contributed by atoms with Gasteiger partial charge < -0.3 is 5.11 Å². The van der Waals surface area contributed by atoms with Gasteiger partial charge in [-0.05, 0) is 23.3 Å². The number of carbonyl (C=O) groups is 3. The van der Waals surface area contributed by atoms with Crippen LogP contribution in [0.5, 0.6) is 0 Å². The van der Waals surface area contributed by atoms with E-state index in [1.807, 2.05) is 30.3 Å². The van der Waals surface area contributed by atoms with Crippen molar-refractivity contribution in [3.05, 3.63) is 71.3 Å². The summed E-state index contributed by atoms with van der Waals surface area (Å²) in [5.41, 5.74) is 2.21. The summed E-state index contributed by atoms with van der Waals surface area (Å²) in [7, 11) is 0. The average Bonchev–Trinajstić information content (AvgIpc) is 2.59. The molecular formula is C19H15NO4. The fourth-order valence-electron chi connectivity index (χ4n) is 2.67. The first-order chi connectivity index (χ1) is 11.6. The molecule has 0 spiro atoms. The summed E-state index contributed by atoms with van der Waals surface area (Å²) < 4.78 is 0. The Morgan fingerprint density at radius 2 is 1.54 bits per heavy atom. The van der Waals surface area contributed by atoms with Crippen molar-refractivity contribution in [2.75, 3.05) is 6.54 Å². The van der Waals surface area contributed by atoms with E-state index >= 15 is 0 Å². The number of benzene rings is 2. The minimum Gasteiger partial charge on any atom is -0.481 e. The molecule has 0 saturated heterocycles. The summed E-state index contributed by atoms with van der Waals surface area (Å²) in [6.45, 7) is -0.145. The molecule has 2 aromatic rings. The van der Waals surface area contributed by atoms with Gasteiger partial charge in [-0.25, -0.2) is 0 Å². The van der Waals surface area contributed by atoms with Crippen LogP contribution in [-0.4, -0.2) is 34.3 Å². The van der Waals surface area contributed by atoms with Gasteiger partial charge in [0.25, 0.3) is 11.8 Å². The lowest BCUT2D eigenvalue weighted by Crippen LogP contribution is -2.42. The zero-order valence-corrected chi connectivity index (χ0v) is 12.8. The van der Waals surface area contributed by atoms with Crippen molar-refractivity contribution in [1.82, 2.24) is 4.90 Å². The first kappa shape index (κ1) is 15.7.